The van der Waals surface area contributed by atoms with E-state index < -0.39 is 5.54 Å². The average molecular weight is 307 g/mol. The van der Waals surface area contributed by atoms with Crippen LogP contribution in [0.25, 0.3) is 0 Å². The number of ether oxygens (including phenoxy) is 1. The molecule has 1 aliphatic carbocycles. The molecule has 1 heterocycles. The molecule has 1 aromatic carbocycles. The summed E-state index contributed by atoms with van der Waals surface area (Å²) in [5, 5.41) is 0.437. The molecule has 0 amide bonds. The van der Waals surface area contributed by atoms with Gasteiger partial charge in [-0.15, -0.1) is 0 Å². The van der Waals surface area contributed by atoms with E-state index in [4.69, 9.17) is 16.2 Å². The summed E-state index contributed by atoms with van der Waals surface area (Å²) >= 11 is 1.46. The minimum Gasteiger partial charge on any atom is -0.399 e. The molecular weight excluding hydrogens is 289 g/mol. The van der Waals surface area contributed by atoms with Gasteiger partial charge in [-0.3, -0.25) is 0 Å². The summed E-state index contributed by atoms with van der Waals surface area (Å²) in [6, 6.07) is 3.27. The van der Waals surface area contributed by atoms with Crippen LogP contribution in [0.2, 0.25) is 0 Å². The van der Waals surface area contributed by atoms with Gasteiger partial charge in [-0.25, -0.2) is 9.38 Å². The first-order chi connectivity index (χ1) is 9.82. The zero-order valence-electron chi connectivity index (χ0n) is 12.2. The maximum absolute atomic E-state index is 14.6. The lowest BCUT2D eigenvalue weighted by Crippen LogP contribution is -2.37. The molecule has 0 fully saturated rings. The van der Waals surface area contributed by atoms with E-state index in [9.17, 15) is 4.39 Å². The Hall–Kier alpha value is -1.53. The van der Waals surface area contributed by atoms with E-state index in [0.717, 1.165) is 5.57 Å². The van der Waals surface area contributed by atoms with Gasteiger partial charge in [-0.05, 0) is 37.1 Å². The van der Waals surface area contributed by atoms with Gasteiger partial charge < -0.3 is 16.2 Å². The van der Waals surface area contributed by atoms with E-state index in [1.807, 2.05) is 6.92 Å². The van der Waals surface area contributed by atoms with Crippen molar-refractivity contribution in [2.24, 2.45) is 10.7 Å². The van der Waals surface area contributed by atoms with Crippen molar-refractivity contribution in [1.82, 2.24) is 0 Å². The number of nitrogen functional groups attached to an aromatic ring is 1. The quantitative estimate of drug-likeness (QED) is 0.664. The van der Waals surface area contributed by atoms with Crippen LogP contribution in [0.5, 0.6) is 0 Å². The summed E-state index contributed by atoms with van der Waals surface area (Å²) < 4.78 is 19.6. The monoisotopic (exact) mass is 307 g/mol. The van der Waals surface area contributed by atoms with Crippen molar-refractivity contribution in [2.75, 3.05) is 19.5 Å². The van der Waals surface area contributed by atoms with Crippen LogP contribution in [0.1, 0.15) is 18.1 Å². The second kappa shape index (κ2) is 4.48. The predicted molar refractivity (Wildman–Crippen MR) is 84.8 cm³/mol. The van der Waals surface area contributed by atoms with Crippen molar-refractivity contribution in [3.63, 3.8) is 0 Å². The van der Waals surface area contributed by atoms with Crippen molar-refractivity contribution in [2.45, 2.75) is 24.1 Å². The summed E-state index contributed by atoms with van der Waals surface area (Å²) in [7, 11) is 1.64. The Kier molecular flexibility index (Phi) is 3.07. The molecule has 3 rings (SSSR count). The Morgan fingerprint density at radius 2 is 2.10 bits per heavy atom. The van der Waals surface area contributed by atoms with Gasteiger partial charge in [0.05, 0.1) is 11.4 Å². The van der Waals surface area contributed by atoms with E-state index in [0.29, 0.717) is 28.6 Å². The van der Waals surface area contributed by atoms with Gasteiger partial charge in [0.1, 0.15) is 11.4 Å². The Bertz CT molecular complexity index is 688. The largest absolute Gasteiger partial charge is 0.399 e. The fourth-order valence-electron chi connectivity index (χ4n) is 3.04. The highest BCUT2D eigenvalue weighted by atomic mass is 32.2. The number of aliphatic imine (C=N–C) groups is 1. The Morgan fingerprint density at radius 1 is 1.38 bits per heavy atom. The molecular formula is C15H18FN3OS. The lowest BCUT2D eigenvalue weighted by atomic mass is 9.86. The molecule has 0 spiro atoms. The fraction of sp³-hybridized carbons (Fsp3) is 0.400. The van der Waals surface area contributed by atoms with Crippen LogP contribution in [0, 0.1) is 12.7 Å². The molecule has 0 aromatic heterocycles. The minimum absolute atomic E-state index is 0.283. The maximum Gasteiger partial charge on any atom is 0.156 e. The van der Waals surface area contributed by atoms with Crippen LogP contribution in [-0.4, -0.2) is 23.6 Å². The second-order valence-corrected chi connectivity index (χ2v) is 7.06. The molecule has 0 unspecified atom stereocenters. The Balaban J connectivity index is 2.13. The molecule has 1 aromatic rings. The fourth-order valence-corrected chi connectivity index (χ4v) is 4.31. The zero-order valence-corrected chi connectivity index (χ0v) is 13.1. The first kappa shape index (κ1) is 14.4. The van der Waals surface area contributed by atoms with Gasteiger partial charge in [0.25, 0.3) is 0 Å². The number of amidine groups is 1. The van der Waals surface area contributed by atoms with Crippen LogP contribution in [0.15, 0.2) is 28.8 Å². The highest BCUT2D eigenvalue weighted by Gasteiger charge is 2.58. The molecule has 2 aliphatic rings. The smallest absolute Gasteiger partial charge is 0.156 e. The summed E-state index contributed by atoms with van der Waals surface area (Å²) in [6.45, 7) is 4.08. The first-order valence-corrected chi connectivity index (χ1v) is 7.47. The lowest BCUT2D eigenvalue weighted by Gasteiger charge is -2.34. The number of nitrogens with two attached hydrogens (primary N) is 2. The molecule has 0 bridgehead atoms. The normalized spacial score (nSPS) is 30.5. The molecule has 4 nitrogen and oxygen atoms in total. The molecule has 0 radical (unpaired) electrons. The van der Waals surface area contributed by atoms with Crippen LogP contribution < -0.4 is 11.5 Å². The van der Waals surface area contributed by atoms with Crippen molar-refractivity contribution < 1.29 is 9.13 Å². The van der Waals surface area contributed by atoms with Crippen LogP contribution in [-0.2, 0) is 10.3 Å². The van der Waals surface area contributed by atoms with Crippen molar-refractivity contribution in [3.05, 3.63) is 40.7 Å². The van der Waals surface area contributed by atoms with Crippen LogP contribution in [0.4, 0.5) is 10.1 Å². The number of anilines is 1. The van der Waals surface area contributed by atoms with Crippen molar-refractivity contribution >= 4 is 22.6 Å². The van der Waals surface area contributed by atoms with E-state index in [2.05, 4.69) is 11.1 Å². The molecule has 6 heteroatoms. The number of hydrogen-bond donors (Lipinski definition) is 2. The third-order valence-corrected chi connectivity index (χ3v) is 5.18. The Morgan fingerprint density at radius 3 is 2.76 bits per heavy atom. The average Bonchev–Trinajstić information content (AvgIpc) is 3.09. The van der Waals surface area contributed by atoms with Gasteiger partial charge in [0.15, 0.2) is 5.17 Å². The number of rotatable bonds is 3. The second-order valence-electron chi connectivity index (χ2n) is 5.70. The number of benzene rings is 1. The number of thioether (sulfide) groups is 1. The van der Waals surface area contributed by atoms with Crippen molar-refractivity contribution in [3.8, 4) is 0 Å². The van der Waals surface area contributed by atoms with Gasteiger partial charge in [0, 0.05) is 18.4 Å². The molecule has 4 N–H and O–H groups in total. The van der Waals surface area contributed by atoms with Gasteiger partial charge in [-0.2, -0.15) is 0 Å². The van der Waals surface area contributed by atoms with Crippen LogP contribution >= 0.6 is 11.8 Å². The highest BCUT2D eigenvalue weighted by Crippen LogP contribution is 2.60. The predicted octanol–water partition coefficient (Wildman–Crippen LogP) is 2.32. The minimum atomic E-state index is -0.821. The number of halogens is 1. The molecule has 0 saturated heterocycles. The number of aryl methyl sites for hydroxylation is 1. The SMILES string of the molecule is COC[C@]12C=C1[C@@](C)(c1cc(N)cc(C)c1F)N=C(N)S2. The topological polar surface area (TPSA) is 73.6 Å². The van der Waals surface area contributed by atoms with Gasteiger partial charge in [-0.1, -0.05) is 17.8 Å². The van der Waals surface area contributed by atoms with E-state index in [-0.39, 0.29) is 10.6 Å². The number of nitrogens with zero attached hydrogens (tertiary/aromatic N) is 1. The molecule has 0 saturated carbocycles. The van der Waals surface area contributed by atoms with Gasteiger partial charge >= 0.3 is 0 Å². The van der Waals surface area contributed by atoms with E-state index in [1.54, 1.807) is 26.2 Å². The molecule has 1 aliphatic heterocycles. The highest BCUT2D eigenvalue weighted by molar-refractivity contribution is 8.15. The first-order valence-electron chi connectivity index (χ1n) is 6.65. The maximum atomic E-state index is 14.6. The van der Waals surface area contributed by atoms with E-state index >= 15 is 0 Å². The molecule has 21 heavy (non-hydrogen) atoms. The Labute approximate surface area is 127 Å². The van der Waals surface area contributed by atoms with Gasteiger partial charge in [0.2, 0.25) is 0 Å². The lowest BCUT2D eigenvalue weighted by molar-refractivity contribution is 0.196. The van der Waals surface area contributed by atoms with E-state index in [1.165, 1.54) is 11.8 Å². The standard InChI is InChI=1S/C15H18FN3OS/c1-8-4-9(17)5-10(12(8)16)14(2)11-6-15(11,7-20-3)21-13(18)19-14/h4-6H,7,17H2,1-3H3,(H2,18,19)/t14-,15-/m1/s1. The van der Waals surface area contributed by atoms with Crippen LogP contribution in [0.3, 0.4) is 0 Å². The third kappa shape index (κ3) is 2.05. The zero-order chi connectivity index (χ0) is 15.4. The summed E-state index contributed by atoms with van der Waals surface area (Å²) in [5.41, 5.74) is 13.6. The number of fused-ring (bicyclic) bond motifs is 1. The summed E-state index contributed by atoms with van der Waals surface area (Å²) in [5.74, 6) is -0.283. The molecule has 112 valence electrons. The molecule has 2 atom stereocenters. The number of methoxy groups -OCH3 is 1. The summed E-state index contributed by atoms with van der Waals surface area (Å²) in [4.78, 5) is 4.52. The summed E-state index contributed by atoms with van der Waals surface area (Å²) in [6.07, 6.45) is 2.06. The number of hydrogen-bond acceptors (Lipinski definition) is 5. The third-order valence-electron chi connectivity index (χ3n) is 4.06. The van der Waals surface area contributed by atoms with Crippen molar-refractivity contribution in [1.29, 1.82) is 0 Å².